The number of nitrogens with one attached hydrogen (secondary N) is 1. The lowest BCUT2D eigenvalue weighted by molar-refractivity contribution is 0.268. The fraction of sp³-hybridized carbons (Fsp3) is 0.625. The van der Waals surface area contributed by atoms with Crippen molar-refractivity contribution in [3.05, 3.63) is 35.4 Å². The molecule has 0 aliphatic rings. The molecule has 19 heavy (non-hydrogen) atoms. The Balaban J connectivity index is 2.66. The summed E-state index contributed by atoms with van der Waals surface area (Å²) in [7, 11) is 0. The molecule has 0 aromatic heterocycles. The number of rotatable bonds is 6. The summed E-state index contributed by atoms with van der Waals surface area (Å²) >= 11 is 0. The van der Waals surface area contributed by atoms with Gasteiger partial charge in [-0.3, -0.25) is 0 Å². The third kappa shape index (κ3) is 4.90. The minimum atomic E-state index is -0.520. The van der Waals surface area contributed by atoms with Gasteiger partial charge in [-0.1, -0.05) is 27.7 Å². The van der Waals surface area contributed by atoms with Crippen molar-refractivity contribution in [1.29, 1.82) is 0 Å². The van der Waals surface area contributed by atoms with E-state index in [0.29, 0.717) is 23.3 Å². The van der Waals surface area contributed by atoms with Gasteiger partial charge in [0.1, 0.15) is 11.6 Å². The van der Waals surface area contributed by atoms with E-state index in [9.17, 15) is 8.78 Å². The maximum absolute atomic E-state index is 13.2. The van der Waals surface area contributed by atoms with Gasteiger partial charge in [0.2, 0.25) is 0 Å². The number of hydrogen-bond donors (Lipinski definition) is 1. The highest BCUT2D eigenvalue weighted by Gasteiger charge is 2.18. The molecule has 0 amide bonds. The lowest BCUT2D eigenvalue weighted by atomic mass is 9.85. The smallest absolute Gasteiger partial charge is 0.126 e. The molecule has 0 saturated heterocycles. The van der Waals surface area contributed by atoms with Crippen molar-refractivity contribution in [1.82, 2.24) is 5.32 Å². The van der Waals surface area contributed by atoms with Crippen molar-refractivity contribution in [2.24, 2.45) is 17.8 Å². The maximum Gasteiger partial charge on any atom is 0.126 e. The lowest BCUT2D eigenvalue weighted by Crippen LogP contribution is -2.31. The molecule has 3 heteroatoms. The topological polar surface area (TPSA) is 12.0 Å². The summed E-state index contributed by atoms with van der Waals surface area (Å²) in [6.07, 6.45) is 0. The SMILES string of the molecule is CC(NCC(C(C)C)C(C)C)c1cc(F)cc(F)c1. The van der Waals surface area contributed by atoms with E-state index in [1.54, 1.807) is 0 Å². The van der Waals surface area contributed by atoms with Gasteiger partial charge in [-0.25, -0.2) is 8.78 Å². The number of benzene rings is 1. The second-order valence-electron chi connectivity index (χ2n) is 5.98. The summed E-state index contributed by atoms with van der Waals surface area (Å²) in [6, 6.07) is 3.63. The van der Waals surface area contributed by atoms with Crippen LogP contribution >= 0.6 is 0 Å². The van der Waals surface area contributed by atoms with E-state index in [2.05, 4.69) is 33.0 Å². The van der Waals surface area contributed by atoms with Gasteiger partial charge >= 0.3 is 0 Å². The monoisotopic (exact) mass is 269 g/mol. The van der Waals surface area contributed by atoms with E-state index in [1.807, 2.05) is 6.92 Å². The zero-order valence-corrected chi connectivity index (χ0v) is 12.5. The molecular formula is C16H25F2N. The molecule has 0 radical (unpaired) electrons. The molecule has 1 N–H and O–H groups in total. The third-order valence-electron chi connectivity index (χ3n) is 3.76. The van der Waals surface area contributed by atoms with Crippen LogP contribution in [0.3, 0.4) is 0 Å². The van der Waals surface area contributed by atoms with Crippen LogP contribution in [-0.2, 0) is 0 Å². The Kier molecular flexibility index (Phi) is 5.92. The zero-order chi connectivity index (χ0) is 14.6. The van der Waals surface area contributed by atoms with E-state index >= 15 is 0 Å². The first kappa shape index (κ1) is 16.1. The Morgan fingerprint density at radius 2 is 1.37 bits per heavy atom. The molecule has 1 aromatic rings. The van der Waals surface area contributed by atoms with Gasteiger partial charge in [-0.05, 0) is 48.9 Å². The van der Waals surface area contributed by atoms with Crippen molar-refractivity contribution in [2.75, 3.05) is 6.54 Å². The van der Waals surface area contributed by atoms with Crippen LogP contribution in [0.1, 0.15) is 46.2 Å². The second kappa shape index (κ2) is 6.99. The number of hydrogen-bond acceptors (Lipinski definition) is 1. The van der Waals surface area contributed by atoms with E-state index < -0.39 is 11.6 Å². The molecule has 1 aromatic carbocycles. The van der Waals surface area contributed by atoms with Gasteiger partial charge in [-0.15, -0.1) is 0 Å². The van der Waals surface area contributed by atoms with E-state index in [4.69, 9.17) is 0 Å². The summed E-state index contributed by atoms with van der Waals surface area (Å²) < 4.78 is 26.4. The first-order valence-electron chi connectivity index (χ1n) is 7.00. The van der Waals surface area contributed by atoms with Crippen LogP contribution in [0.25, 0.3) is 0 Å². The van der Waals surface area contributed by atoms with Gasteiger partial charge in [0.15, 0.2) is 0 Å². The minimum absolute atomic E-state index is 0.0507. The molecule has 1 unspecified atom stereocenters. The van der Waals surface area contributed by atoms with Crippen LogP contribution in [0, 0.1) is 29.4 Å². The van der Waals surface area contributed by atoms with Gasteiger partial charge < -0.3 is 5.32 Å². The van der Waals surface area contributed by atoms with E-state index in [-0.39, 0.29) is 6.04 Å². The van der Waals surface area contributed by atoms with Crippen molar-refractivity contribution in [3.63, 3.8) is 0 Å². The average molecular weight is 269 g/mol. The van der Waals surface area contributed by atoms with Crippen molar-refractivity contribution in [3.8, 4) is 0 Å². The molecule has 0 fully saturated rings. The molecule has 0 aliphatic heterocycles. The Labute approximate surface area is 115 Å². The Morgan fingerprint density at radius 1 is 0.895 bits per heavy atom. The Hall–Kier alpha value is -0.960. The third-order valence-corrected chi connectivity index (χ3v) is 3.76. The highest BCUT2D eigenvalue weighted by molar-refractivity contribution is 5.20. The molecular weight excluding hydrogens is 244 g/mol. The van der Waals surface area contributed by atoms with Crippen LogP contribution in [0.15, 0.2) is 18.2 Å². The summed E-state index contributed by atoms with van der Waals surface area (Å²) in [4.78, 5) is 0. The number of halogens is 2. The molecule has 0 bridgehead atoms. The van der Waals surface area contributed by atoms with Crippen LogP contribution in [0.4, 0.5) is 8.78 Å². The summed E-state index contributed by atoms with van der Waals surface area (Å²) in [5, 5.41) is 3.38. The standard InChI is InChI=1S/C16H25F2N/c1-10(2)16(11(3)4)9-19-12(5)13-6-14(17)8-15(18)7-13/h6-8,10-12,16,19H,9H2,1-5H3. The predicted octanol–water partition coefficient (Wildman–Crippen LogP) is 4.54. The minimum Gasteiger partial charge on any atom is -0.310 e. The molecule has 1 atom stereocenters. The van der Waals surface area contributed by atoms with Crippen molar-refractivity contribution in [2.45, 2.75) is 40.7 Å². The van der Waals surface area contributed by atoms with E-state index in [1.165, 1.54) is 12.1 Å². The van der Waals surface area contributed by atoms with Crippen molar-refractivity contribution >= 4 is 0 Å². The van der Waals surface area contributed by atoms with Crippen LogP contribution in [-0.4, -0.2) is 6.54 Å². The van der Waals surface area contributed by atoms with Crippen LogP contribution in [0.2, 0.25) is 0 Å². The van der Waals surface area contributed by atoms with Crippen LogP contribution < -0.4 is 5.32 Å². The first-order valence-corrected chi connectivity index (χ1v) is 7.00. The molecule has 1 rings (SSSR count). The maximum atomic E-state index is 13.2. The molecule has 0 saturated carbocycles. The van der Waals surface area contributed by atoms with E-state index in [0.717, 1.165) is 12.6 Å². The van der Waals surface area contributed by atoms with Crippen LogP contribution in [0.5, 0.6) is 0 Å². The second-order valence-corrected chi connectivity index (χ2v) is 5.98. The van der Waals surface area contributed by atoms with Crippen molar-refractivity contribution < 1.29 is 8.78 Å². The van der Waals surface area contributed by atoms with Gasteiger partial charge in [0.05, 0.1) is 0 Å². The molecule has 108 valence electrons. The Morgan fingerprint density at radius 3 is 1.79 bits per heavy atom. The average Bonchev–Trinajstić information content (AvgIpc) is 2.26. The molecule has 0 spiro atoms. The normalized spacial score (nSPS) is 13.6. The zero-order valence-electron chi connectivity index (χ0n) is 12.5. The highest BCUT2D eigenvalue weighted by atomic mass is 19.1. The largest absolute Gasteiger partial charge is 0.310 e. The fourth-order valence-corrected chi connectivity index (χ4v) is 2.50. The quantitative estimate of drug-likeness (QED) is 0.799. The predicted molar refractivity (Wildman–Crippen MR) is 75.9 cm³/mol. The summed E-state index contributed by atoms with van der Waals surface area (Å²) in [6.45, 7) is 11.6. The fourth-order valence-electron chi connectivity index (χ4n) is 2.50. The summed E-state index contributed by atoms with van der Waals surface area (Å²) in [5.41, 5.74) is 0.656. The van der Waals surface area contributed by atoms with Gasteiger partial charge in [0, 0.05) is 12.1 Å². The Bertz CT molecular complexity index is 373. The first-order chi connectivity index (χ1) is 8.81. The van der Waals surface area contributed by atoms with Gasteiger partial charge in [-0.2, -0.15) is 0 Å². The molecule has 0 heterocycles. The van der Waals surface area contributed by atoms with Gasteiger partial charge in [0.25, 0.3) is 0 Å². The molecule has 0 aliphatic carbocycles. The lowest BCUT2D eigenvalue weighted by Gasteiger charge is -2.27. The molecule has 1 nitrogen and oxygen atoms in total. The highest BCUT2D eigenvalue weighted by Crippen LogP contribution is 2.22. The summed E-state index contributed by atoms with van der Waals surface area (Å²) in [5.74, 6) is 0.689.